The van der Waals surface area contributed by atoms with Crippen LogP contribution in [0, 0.1) is 0 Å². The standard InChI is InChI=1S/C11H9F3O6/c12-11(13,14)4-1-2-5(9(17)18)6(3-4)7(15)8(16)10(19)20/h1-3,7-8,15-16H,(H,17,18)(H,19,20). The van der Waals surface area contributed by atoms with Crippen molar-refractivity contribution in [3.8, 4) is 0 Å². The number of rotatable bonds is 4. The van der Waals surface area contributed by atoms with E-state index in [1.807, 2.05) is 0 Å². The minimum atomic E-state index is -4.81. The first kappa shape index (κ1) is 15.9. The number of hydrogen-bond acceptors (Lipinski definition) is 4. The quantitative estimate of drug-likeness (QED) is 0.655. The number of alkyl halides is 3. The van der Waals surface area contributed by atoms with Crippen molar-refractivity contribution in [2.45, 2.75) is 18.4 Å². The number of benzene rings is 1. The zero-order valence-electron chi connectivity index (χ0n) is 9.63. The van der Waals surface area contributed by atoms with Crippen LogP contribution in [0.25, 0.3) is 0 Å². The lowest BCUT2D eigenvalue weighted by Gasteiger charge is -2.18. The highest BCUT2D eigenvalue weighted by Gasteiger charge is 2.34. The van der Waals surface area contributed by atoms with E-state index < -0.39 is 47.0 Å². The van der Waals surface area contributed by atoms with Crippen LogP contribution in [0.3, 0.4) is 0 Å². The number of aliphatic carboxylic acids is 1. The first-order valence-corrected chi connectivity index (χ1v) is 5.09. The van der Waals surface area contributed by atoms with Gasteiger partial charge in [0.25, 0.3) is 0 Å². The molecule has 110 valence electrons. The zero-order valence-corrected chi connectivity index (χ0v) is 9.63. The Labute approximate surface area is 109 Å². The molecule has 0 bridgehead atoms. The van der Waals surface area contributed by atoms with Crippen molar-refractivity contribution in [1.29, 1.82) is 0 Å². The SMILES string of the molecule is O=C(O)c1ccc(C(F)(F)F)cc1C(O)C(O)C(=O)O. The molecule has 2 unspecified atom stereocenters. The number of halogens is 3. The molecule has 2 atom stereocenters. The zero-order chi connectivity index (χ0) is 15.7. The third-order valence-corrected chi connectivity index (χ3v) is 2.48. The van der Waals surface area contributed by atoms with Crippen molar-refractivity contribution in [2.24, 2.45) is 0 Å². The molecule has 0 spiro atoms. The first-order chi connectivity index (χ1) is 9.05. The average Bonchev–Trinajstić information content (AvgIpc) is 2.34. The van der Waals surface area contributed by atoms with Crippen LogP contribution in [0.15, 0.2) is 18.2 Å². The molecule has 0 heterocycles. The van der Waals surface area contributed by atoms with Gasteiger partial charge in [0.2, 0.25) is 0 Å². The van der Waals surface area contributed by atoms with Gasteiger partial charge in [-0.3, -0.25) is 0 Å². The lowest BCUT2D eigenvalue weighted by molar-refractivity contribution is -0.153. The van der Waals surface area contributed by atoms with Gasteiger partial charge < -0.3 is 20.4 Å². The Kier molecular flexibility index (Phi) is 4.36. The van der Waals surface area contributed by atoms with Gasteiger partial charge in [-0.15, -0.1) is 0 Å². The second-order valence-corrected chi connectivity index (χ2v) is 3.83. The second kappa shape index (κ2) is 5.47. The summed E-state index contributed by atoms with van der Waals surface area (Å²) < 4.78 is 37.5. The van der Waals surface area contributed by atoms with Crippen LogP contribution < -0.4 is 0 Å². The molecule has 0 aromatic heterocycles. The highest BCUT2D eigenvalue weighted by atomic mass is 19.4. The van der Waals surface area contributed by atoms with Gasteiger partial charge in [0.1, 0.15) is 6.10 Å². The number of aliphatic hydroxyl groups is 2. The van der Waals surface area contributed by atoms with Gasteiger partial charge in [-0.05, 0) is 23.8 Å². The summed E-state index contributed by atoms with van der Waals surface area (Å²) in [6, 6.07) is 1.35. The summed E-state index contributed by atoms with van der Waals surface area (Å²) in [4.78, 5) is 21.4. The van der Waals surface area contributed by atoms with Crippen LogP contribution in [0.5, 0.6) is 0 Å². The van der Waals surface area contributed by atoms with E-state index in [2.05, 4.69) is 0 Å². The fraction of sp³-hybridized carbons (Fsp3) is 0.273. The van der Waals surface area contributed by atoms with Crippen LogP contribution in [-0.4, -0.2) is 38.5 Å². The minimum absolute atomic E-state index is 0.292. The van der Waals surface area contributed by atoms with Crippen LogP contribution >= 0.6 is 0 Å². The minimum Gasteiger partial charge on any atom is -0.479 e. The fourth-order valence-electron chi connectivity index (χ4n) is 1.48. The summed E-state index contributed by atoms with van der Waals surface area (Å²) in [5.74, 6) is -3.56. The number of aliphatic hydroxyl groups excluding tert-OH is 2. The van der Waals surface area contributed by atoms with Gasteiger partial charge in [0.05, 0.1) is 11.1 Å². The number of carbonyl (C=O) groups is 2. The molecule has 4 N–H and O–H groups in total. The molecule has 1 aromatic rings. The van der Waals surface area contributed by atoms with Gasteiger partial charge >= 0.3 is 18.1 Å². The largest absolute Gasteiger partial charge is 0.479 e. The predicted octanol–water partition coefficient (Wildman–Crippen LogP) is 0.882. The first-order valence-electron chi connectivity index (χ1n) is 5.09. The van der Waals surface area contributed by atoms with Crippen molar-refractivity contribution < 1.29 is 43.2 Å². The molecule has 6 nitrogen and oxygen atoms in total. The van der Waals surface area contributed by atoms with E-state index in [0.717, 1.165) is 0 Å². The average molecular weight is 294 g/mol. The number of hydrogen-bond donors (Lipinski definition) is 4. The van der Waals surface area contributed by atoms with Crippen molar-refractivity contribution in [3.05, 3.63) is 34.9 Å². The van der Waals surface area contributed by atoms with E-state index >= 15 is 0 Å². The van der Waals surface area contributed by atoms with E-state index in [1.54, 1.807) is 0 Å². The molecule has 0 saturated carbocycles. The Morgan fingerprint density at radius 3 is 2.05 bits per heavy atom. The summed E-state index contributed by atoms with van der Waals surface area (Å²) in [5, 5.41) is 35.9. The van der Waals surface area contributed by atoms with Crippen molar-refractivity contribution in [2.75, 3.05) is 0 Å². The van der Waals surface area contributed by atoms with Crippen LogP contribution in [-0.2, 0) is 11.0 Å². The maximum Gasteiger partial charge on any atom is 0.416 e. The number of carboxylic acid groups (broad SMARTS) is 2. The Bertz CT molecular complexity index is 539. The van der Waals surface area contributed by atoms with Gasteiger partial charge in [0.15, 0.2) is 6.10 Å². The van der Waals surface area contributed by atoms with Crippen LogP contribution in [0.2, 0.25) is 0 Å². The normalized spacial score (nSPS) is 14.7. The monoisotopic (exact) mass is 294 g/mol. The molecular weight excluding hydrogens is 285 g/mol. The van der Waals surface area contributed by atoms with Gasteiger partial charge in [-0.25, -0.2) is 9.59 Å². The summed E-state index contributed by atoms with van der Waals surface area (Å²) in [6.45, 7) is 0. The highest BCUT2D eigenvalue weighted by molar-refractivity contribution is 5.90. The lowest BCUT2D eigenvalue weighted by atomic mass is 9.96. The molecule has 0 aliphatic carbocycles. The second-order valence-electron chi connectivity index (χ2n) is 3.83. The van der Waals surface area contributed by atoms with Crippen molar-refractivity contribution >= 4 is 11.9 Å². The third-order valence-electron chi connectivity index (χ3n) is 2.48. The third kappa shape index (κ3) is 3.25. The number of carboxylic acids is 2. The molecule has 20 heavy (non-hydrogen) atoms. The fourth-order valence-corrected chi connectivity index (χ4v) is 1.48. The molecule has 0 aliphatic rings. The van der Waals surface area contributed by atoms with E-state index in [0.29, 0.717) is 18.2 Å². The molecule has 0 saturated heterocycles. The summed E-state index contributed by atoms with van der Waals surface area (Å²) >= 11 is 0. The number of aromatic carboxylic acids is 1. The van der Waals surface area contributed by atoms with Gasteiger partial charge in [0, 0.05) is 0 Å². The molecule has 1 rings (SSSR count). The Hall–Kier alpha value is -2.13. The molecule has 0 aliphatic heterocycles. The summed E-state index contributed by atoms with van der Waals surface area (Å²) in [7, 11) is 0. The highest BCUT2D eigenvalue weighted by Crippen LogP contribution is 2.33. The molecule has 0 amide bonds. The van der Waals surface area contributed by atoms with Crippen molar-refractivity contribution in [1.82, 2.24) is 0 Å². The Balaban J connectivity index is 3.40. The van der Waals surface area contributed by atoms with E-state index in [-0.39, 0.29) is 0 Å². The predicted molar refractivity (Wildman–Crippen MR) is 57.0 cm³/mol. The molecule has 0 fully saturated rings. The maximum atomic E-state index is 12.5. The van der Waals surface area contributed by atoms with Crippen LogP contribution in [0.4, 0.5) is 13.2 Å². The summed E-state index contributed by atoms with van der Waals surface area (Å²) in [5.41, 5.74) is -2.83. The maximum absolute atomic E-state index is 12.5. The topological polar surface area (TPSA) is 115 Å². The summed E-state index contributed by atoms with van der Waals surface area (Å²) in [6.07, 6.45) is -9.56. The van der Waals surface area contributed by atoms with E-state index in [9.17, 15) is 27.9 Å². The Morgan fingerprint density at radius 1 is 1.10 bits per heavy atom. The smallest absolute Gasteiger partial charge is 0.416 e. The van der Waals surface area contributed by atoms with Crippen molar-refractivity contribution in [3.63, 3.8) is 0 Å². The van der Waals surface area contributed by atoms with Gasteiger partial charge in [-0.2, -0.15) is 13.2 Å². The lowest BCUT2D eigenvalue weighted by Crippen LogP contribution is -2.29. The molecule has 1 aromatic carbocycles. The molecule has 9 heteroatoms. The van der Waals surface area contributed by atoms with E-state index in [4.69, 9.17) is 15.3 Å². The van der Waals surface area contributed by atoms with Gasteiger partial charge in [-0.1, -0.05) is 0 Å². The molecule has 0 radical (unpaired) electrons. The Morgan fingerprint density at radius 2 is 1.65 bits per heavy atom. The van der Waals surface area contributed by atoms with Crippen LogP contribution in [0.1, 0.15) is 27.6 Å². The molecular formula is C11H9F3O6. The van der Waals surface area contributed by atoms with E-state index in [1.165, 1.54) is 0 Å².